The van der Waals surface area contributed by atoms with Gasteiger partial charge in [0.15, 0.2) is 5.82 Å². The predicted octanol–water partition coefficient (Wildman–Crippen LogP) is 3.82. The molecule has 2 aromatic heterocycles. The van der Waals surface area contributed by atoms with Crippen LogP contribution in [0.1, 0.15) is 54.2 Å². The van der Waals surface area contributed by atoms with Crippen LogP contribution in [-0.2, 0) is 6.54 Å². The number of amides is 2. The summed E-state index contributed by atoms with van der Waals surface area (Å²) >= 11 is 1.72. The van der Waals surface area contributed by atoms with E-state index in [-0.39, 0.29) is 12.1 Å². The summed E-state index contributed by atoms with van der Waals surface area (Å²) in [7, 11) is 0. The van der Waals surface area contributed by atoms with Gasteiger partial charge in [-0.3, -0.25) is 0 Å². The molecule has 0 aromatic carbocycles. The monoisotopic (exact) mass is 336 g/mol. The molecule has 0 fully saturated rings. The van der Waals surface area contributed by atoms with Crippen LogP contribution < -0.4 is 5.32 Å². The molecule has 0 aliphatic carbocycles. The van der Waals surface area contributed by atoms with Gasteiger partial charge in [-0.05, 0) is 39.3 Å². The highest BCUT2D eigenvalue weighted by atomic mass is 32.1. The maximum Gasteiger partial charge on any atom is 0.318 e. The second-order valence-electron chi connectivity index (χ2n) is 5.64. The van der Waals surface area contributed by atoms with Crippen LogP contribution in [0.25, 0.3) is 0 Å². The van der Waals surface area contributed by atoms with Gasteiger partial charge in [-0.1, -0.05) is 18.5 Å². The number of nitrogens with zero attached hydrogens (tertiary/aromatic N) is 3. The molecule has 0 saturated carbocycles. The molecule has 0 spiro atoms. The van der Waals surface area contributed by atoms with Crippen molar-refractivity contribution in [2.45, 2.75) is 53.1 Å². The molecule has 1 N–H and O–H groups in total. The van der Waals surface area contributed by atoms with Crippen LogP contribution in [0, 0.1) is 13.8 Å². The average molecular weight is 336 g/mol. The minimum Gasteiger partial charge on any atom is -0.337 e. The molecule has 126 valence electrons. The van der Waals surface area contributed by atoms with Gasteiger partial charge in [0.05, 0.1) is 6.54 Å². The molecule has 0 aliphatic rings. The fraction of sp³-hybridized carbons (Fsp3) is 0.562. The van der Waals surface area contributed by atoms with Crippen molar-refractivity contribution in [3.05, 3.63) is 33.6 Å². The molecule has 6 nitrogen and oxygen atoms in total. The Balaban J connectivity index is 2.00. The number of carbonyl (C=O) groups excluding carboxylic acids is 1. The molecule has 2 amide bonds. The van der Waals surface area contributed by atoms with Gasteiger partial charge in [0.1, 0.15) is 6.04 Å². The highest BCUT2D eigenvalue weighted by molar-refractivity contribution is 7.11. The lowest BCUT2D eigenvalue weighted by Gasteiger charge is -2.23. The number of urea groups is 1. The number of hydrogen-bond donors (Lipinski definition) is 1. The molecule has 0 unspecified atom stereocenters. The lowest BCUT2D eigenvalue weighted by atomic mass is 10.3. The number of nitrogens with one attached hydrogen (secondary N) is 1. The summed E-state index contributed by atoms with van der Waals surface area (Å²) < 4.78 is 5.12. The molecule has 2 rings (SSSR count). The quantitative estimate of drug-likeness (QED) is 0.834. The molecule has 2 aromatic rings. The van der Waals surface area contributed by atoms with Crippen molar-refractivity contribution in [1.82, 2.24) is 20.4 Å². The first-order valence-electron chi connectivity index (χ1n) is 7.90. The molecular formula is C16H24N4O2S. The number of thiophene rings is 1. The number of unbranched alkanes of at least 4 members (excludes halogenated alkanes) is 1. The Bertz CT molecular complexity index is 638. The van der Waals surface area contributed by atoms with Crippen LogP contribution in [0.4, 0.5) is 4.79 Å². The van der Waals surface area contributed by atoms with Crippen molar-refractivity contribution >= 4 is 17.4 Å². The Morgan fingerprint density at radius 2 is 2.22 bits per heavy atom. The van der Waals surface area contributed by atoms with Crippen molar-refractivity contribution in [1.29, 1.82) is 0 Å². The number of hydrogen-bond acceptors (Lipinski definition) is 5. The van der Waals surface area contributed by atoms with Gasteiger partial charge in [0, 0.05) is 16.3 Å². The molecule has 23 heavy (non-hydrogen) atoms. The summed E-state index contributed by atoms with van der Waals surface area (Å²) in [5, 5.41) is 6.70. The summed E-state index contributed by atoms with van der Waals surface area (Å²) in [5.74, 6) is 0.997. The summed E-state index contributed by atoms with van der Waals surface area (Å²) in [4.78, 5) is 21.0. The number of rotatable bonds is 7. The van der Waals surface area contributed by atoms with E-state index in [2.05, 4.69) is 41.4 Å². The standard InChI is InChI=1S/C16H24N4O2S/c1-5-6-9-20(10-14-8-7-11(2)23-14)16(21)17-12(3)15-18-13(4)19-22-15/h7-8,12H,5-6,9-10H2,1-4H3,(H,17,21)/t12-/m0/s1. The van der Waals surface area contributed by atoms with E-state index in [0.717, 1.165) is 19.4 Å². The highest BCUT2D eigenvalue weighted by Crippen LogP contribution is 2.18. The van der Waals surface area contributed by atoms with E-state index in [1.54, 1.807) is 18.3 Å². The van der Waals surface area contributed by atoms with E-state index in [1.165, 1.54) is 9.75 Å². The third-order valence-corrected chi connectivity index (χ3v) is 4.45. The van der Waals surface area contributed by atoms with E-state index in [9.17, 15) is 4.79 Å². The second-order valence-corrected chi connectivity index (χ2v) is 7.01. The Morgan fingerprint density at radius 1 is 1.43 bits per heavy atom. The van der Waals surface area contributed by atoms with Gasteiger partial charge in [-0.2, -0.15) is 4.98 Å². The fourth-order valence-corrected chi connectivity index (χ4v) is 3.09. The zero-order valence-electron chi connectivity index (χ0n) is 14.1. The first-order chi connectivity index (χ1) is 11.0. The largest absolute Gasteiger partial charge is 0.337 e. The highest BCUT2D eigenvalue weighted by Gasteiger charge is 2.20. The number of carbonyl (C=O) groups is 1. The first kappa shape index (κ1) is 17.5. The molecular weight excluding hydrogens is 312 g/mol. The summed E-state index contributed by atoms with van der Waals surface area (Å²) in [6.07, 6.45) is 2.03. The van der Waals surface area contributed by atoms with E-state index in [4.69, 9.17) is 4.52 Å². The molecule has 1 atom stereocenters. The topological polar surface area (TPSA) is 71.3 Å². The smallest absolute Gasteiger partial charge is 0.318 e. The maximum absolute atomic E-state index is 12.6. The third-order valence-electron chi connectivity index (χ3n) is 3.47. The van der Waals surface area contributed by atoms with Crippen LogP contribution in [0.15, 0.2) is 16.7 Å². The van der Waals surface area contributed by atoms with Gasteiger partial charge >= 0.3 is 6.03 Å². The predicted molar refractivity (Wildman–Crippen MR) is 90.4 cm³/mol. The number of aromatic nitrogens is 2. The summed E-state index contributed by atoms with van der Waals surface area (Å²) in [6, 6.07) is 3.75. The van der Waals surface area contributed by atoms with Gasteiger partial charge < -0.3 is 14.7 Å². The zero-order valence-corrected chi connectivity index (χ0v) is 14.9. The first-order valence-corrected chi connectivity index (χ1v) is 8.72. The van der Waals surface area contributed by atoms with Crippen molar-refractivity contribution in [2.75, 3.05) is 6.54 Å². The van der Waals surface area contributed by atoms with Crippen molar-refractivity contribution in [3.63, 3.8) is 0 Å². The lowest BCUT2D eigenvalue weighted by Crippen LogP contribution is -2.41. The minimum absolute atomic E-state index is 0.104. The fourth-order valence-electron chi connectivity index (χ4n) is 2.19. The molecule has 0 radical (unpaired) electrons. The Hall–Kier alpha value is -1.89. The normalized spacial score (nSPS) is 12.2. The van der Waals surface area contributed by atoms with E-state index in [0.29, 0.717) is 18.3 Å². The van der Waals surface area contributed by atoms with E-state index >= 15 is 0 Å². The summed E-state index contributed by atoms with van der Waals surface area (Å²) in [6.45, 7) is 9.15. The molecule has 0 bridgehead atoms. The molecule has 2 heterocycles. The third kappa shape index (κ3) is 5.06. The van der Waals surface area contributed by atoms with Gasteiger partial charge in [-0.25, -0.2) is 4.79 Å². The van der Waals surface area contributed by atoms with Gasteiger partial charge in [0.25, 0.3) is 0 Å². The van der Waals surface area contributed by atoms with Gasteiger partial charge in [0.2, 0.25) is 5.89 Å². The Labute approximate surface area is 140 Å². The minimum atomic E-state index is -0.308. The SMILES string of the molecule is CCCCN(Cc1ccc(C)s1)C(=O)N[C@@H](C)c1nc(C)no1. The number of aryl methyl sites for hydroxylation is 2. The maximum atomic E-state index is 12.6. The average Bonchev–Trinajstić information content (AvgIpc) is 3.12. The van der Waals surface area contributed by atoms with Crippen LogP contribution in [0.5, 0.6) is 0 Å². The Kier molecular flexibility index (Phi) is 6.15. The van der Waals surface area contributed by atoms with Crippen LogP contribution in [-0.4, -0.2) is 27.6 Å². The molecule has 7 heteroatoms. The molecule has 0 aliphatic heterocycles. The van der Waals surface area contributed by atoms with Crippen molar-refractivity contribution < 1.29 is 9.32 Å². The van der Waals surface area contributed by atoms with E-state index in [1.807, 2.05) is 11.8 Å². The van der Waals surface area contributed by atoms with E-state index < -0.39 is 0 Å². The Morgan fingerprint density at radius 3 is 2.78 bits per heavy atom. The van der Waals surface area contributed by atoms with Crippen molar-refractivity contribution in [2.24, 2.45) is 0 Å². The lowest BCUT2D eigenvalue weighted by molar-refractivity contribution is 0.188. The summed E-state index contributed by atoms with van der Waals surface area (Å²) in [5.41, 5.74) is 0. The van der Waals surface area contributed by atoms with Crippen LogP contribution >= 0.6 is 11.3 Å². The zero-order chi connectivity index (χ0) is 16.8. The van der Waals surface area contributed by atoms with Crippen LogP contribution in [0.3, 0.4) is 0 Å². The van der Waals surface area contributed by atoms with Gasteiger partial charge in [-0.15, -0.1) is 11.3 Å². The van der Waals surface area contributed by atoms with Crippen LogP contribution in [0.2, 0.25) is 0 Å². The van der Waals surface area contributed by atoms with Crippen molar-refractivity contribution in [3.8, 4) is 0 Å². The molecule has 0 saturated heterocycles. The second kappa shape index (κ2) is 8.10.